The van der Waals surface area contributed by atoms with Gasteiger partial charge in [0.2, 0.25) is 5.91 Å². The highest BCUT2D eigenvalue weighted by Gasteiger charge is 2.24. The van der Waals surface area contributed by atoms with Crippen molar-refractivity contribution in [2.45, 2.75) is 52.1 Å². The number of piperidine rings is 1. The van der Waals surface area contributed by atoms with Crippen LogP contribution in [0.25, 0.3) is 0 Å². The summed E-state index contributed by atoms with van der Waals surface area (Å²) in [6, 6.07) is 2.11. The fraction of sp³-hybridized carbons (Fsp3) is 0.765. The molecule has 0 radical (unpaired) electrons. The molecule has 1 aromatic heterocycles. The molecule has 130 valence electrons. The molecular weight excluding hydrogens is 292 g/mol. The van der Waals surface area contributed by atoms with Crippen LogP contribution in [0.3, 0.4) is 0 Å². The molecule has 1 amide bonds. The molecule has 1 aromatic rings. The van der Waals surface area contributed by atoms with Crippen molar-refractivity contribution in [2.24, 2.45) is 0 Å². The predicted molar refractivity (Wildman–Crippen MR) is 90.5 cm³/mol. The van der Waals surface area contributed by atoms with Crippen molar-refractivity contribution >= 4 is 5.91 Å². The monoisotopic (exact) mass is 322 g/mol. The molecule has 0 bridgehead atoms. The van der Waals surface area contributed by atoms with E-state index in [1.165, 1.54) is 0 Å². The van der Waals surface area contributed by atoms with Gasteiger partial charge in [0.25, 0.3) is 0 Å². The van der Waals surface area contributed by atoms with Crippen molar-refractivity contribution in [1.29, 1.82) is 0 Å². The molecule has 6 heteroatoms. The number of aromatic nitrogens is 2. The number of hydrogen-bond donors (Lipinski definition) is 2. The summed E-state index contributed by atoms with van der Waals surface area (Å²) < 4.78 is 5.47. The maximum absolute atomic E-state index is 12.0. The summed E-state index contributed by atoms with van der Waals surface area (Å²) in [4.78, 5) is 14.3. The van der Waals surface area contributed by atoms with Crippen molar-refractivity contribution in [1.82, 2.24) is 20.4 Å². The van der Waals surface area contributed by atoms with Crippen LogP contribution < -0.4 is 5.32 Å². The van der Waals surface area contributed by atoms with E-state index in [-0.39, 0.29) is 12.0 Å². The Labute approximate surface area is 139 Å². The summed E-state index contributed by atoms with van der Waals surface area (Å²) >= 11 is 0. The lowest BCUT2D eigenvalue weighted by atomic mass is 9.94. The maximum atomic E-state index is 12.0. The third kappa shape index (κ3) is 6.31. The van der Waals surface area contributed by atoms with Crippen molar-refractivity contribution < 1.29 is 9.53 Å². The molecule has 2 heterocycles. The van der Waals surface area contributed by atoms with Gasteiger partial charge in [0, 0.05) is 31.3 Å². The van der Waals surface area contributed by atoms with Crippen LogP contribution in [0.1, 0.15) is 50.4 Å². The number of hydrogen-bond acceptors (Lipinski definition) is 4. The number of likely N-dealkylation sites (tertiary alicyclic amines) is 1. The molecule has 1 aliphatic heterocycles. The zero-order chi connectivity index (χ0) is 16.7. The van der Waals surface area contributed by atoms with Crippen LogP contribution in [-0.4, -0.2) is 59.9 Å². The largest absolute Gasteiger partial charge is 0.379 e. The average molecular weight is 322 g/mol. The highest BCUT2D eigenvalue weighted by atomic mass is 16.5. The van der Waals surface area contributed by atoms with Crippen LogP contribution in [-0.2, 0) is 9.53 Å². The first kappa shape index (κ1) is 17.9. The molecule has 1 fully saturated rings. The summed E-state index contributed by atoms with van der Waals surface area (Å²) in [5.74, 6) is 0.536. The lowest BCUT2D eigenvalue weighted by molar-refractivity contribution is -0.122. The first-order valence-electron chi connectivity index (χ1n) is 8.67. The van der Waals surface area contributed by atoms with Crippen LogP contribution >= 0.6 is 0 Å². The third-order valence-corrected chi connectivity index (χ3v) is 4.11. The zero-order valence-corrected chi connectivity index (χ0v) is 14.6. The van der Waals surface area contributed by atoms with Crippen LogP contribution in [0.2, 0.25) is 0 Å². The molecule has 0 aliphatic carbocycles. The second-order valence-electron chi connectivity index (χ2n) is 6.67. The quantitative estimate of drug-likeness (QED) is 0.716. The minimum absolute atomic E-state index is 0.105. The summed E-state index contributed by atoms with van der Waals surface area (Å²) in [5, 5.41) is 10.4. The average Bonchev–Trinajstić information content (AvgIpc) is 2.93. The van der Waals surface area contributed by atoms with Gasteiger partial charge in [-0.25, -0.2) is 0 Å². The zero-order valence-electron chi connectivity index (χ0n) is 14.6. The number of aryl methyl sites for hydroxylation is 1. The van der Waals surface area contributed by atoms with E-state index in [1.54, 1.807) is 0 Å². The van der Waals surface area contributed by atoms with Crippen LogP contribution in [0.5, 0.6) is 0 Å². The predicted octanol–water partition coefficient (Wildman–Crippen LogP) is 1.83. The summed E-state index contributed by atoms with van der Waals surface area (Å²) in [6.45, 7) is 9.82. The number of ether oxygens (including phenoxy) is 1. The Morgan fingerprint density at radius 2 is 2.39 bits per heavy atom. The van der Waals surface area contributed by atoms with Gasteiger partial charge in [0.1, 0.15) is 0 Å². The van der Waals surface area contributed by atoms with Gasteiger partial charge in [0.05, 0.1) is 18.3 Å². The Hall–Kier alpha value is -1.40. The van der Waals surface area contributed by atoms with E-state index in [4.69, 9.17) is 4.74 Å². The van der Waals surface area contributed by atoms with Crippen LogP contribution in [0.4, 0.5) is 0 Å². The summed E-state index contributed by atoms with van der Waals surface area (Å²) in [7, 11) is 0. The lowest BCUT2D eigenvalue weighted by Crippen LogP contribution is -2.42. The molecule has 2 N–H and O–H groups in total. The van der Waals surface area contributed by atoms with Crippen molar-refractivity contribution in [3.05, 3.63) is 17.5 Å². The van der Waals surface area contributed by atoms with E-state index in [2.05, 4.69) is 26.5 Å². The van der Waals surface area contributed by atoms with E-state index in [0.29, 0.717) is 25.6 Å². The molecule has 6 nitrogen and oxygen atoms in total. The van der Waals surface area contributed by atoms with Crippen molar-refractivity contribution in [2.75, 3.05) is 32.8 Å². The minimum Gasteiger partial charge on any atom is -0.379 e. The Morgan fingerprint density at radius 1 is 1.57 bits per heavy atom. The molecule has 0 spiro atoms. The number of H-pyrrole nitrogens is 1. The minimum atomic E-state index is 0.105. The number of nitrogens with one attached hydrogen (secondary N) is 2. The van der Waals surface area contributed by atoms with Gasteiger partial charge in [-0.2, -0.15) is 5.10 Å². The van der Waals surface area contributed by atoms with E-state index < -0.39 is 0 Å². The number of carbonyl (C=O) groups is 1. The van der Waals surface area contributed by atoms with E-state index in [9.17, 15) is 4.79 Å². The standard InChI is InChI=1S/C17H30N4O2/c1-13(2)23-9-5-7-18-17(22)12-21-8-4-6-15(11-21)16-10-14(3)19-20-16/h10,13,15H,4-9,11-12H2,1-3H3,(H,18,22)(H,19,20)/t15-/m0/s1. The normalized spacial score (nSPS) is 19.2. The van der Waals surface area contributed by atoms with Gasteiger partial charge in [0.15, 0.2) is 0 Å². The fourth-order valence-electron chi connectivity index (χ4n) is 2.97. The van der Waals surface area contributed by atoms with Gasteiger partial charge in [-0.1, -0.05) is 0 Å². The topological polar surface area (TPSA) is 70.2 Å². The van der Waals surface area contributed by atoms with Gasteiger partial charge >= 0.3 is 0 Å². The second-order valence-corrected chi connectivity index (χ2v) is 6.67. The molecule has 0 aromatic carbocycles. The number of nitrogens with zero attached hydrogens (tertiary/aromatic N) is 2. The number of carbonyl (C=O) groups excluding carboxylic acids is 1. The molecule has 0 unspecified atom stereocenters. The van der Waals surface area contributed by atoms with Gasteiger partial charge < -0.3 is 10.1 Å². The first-order valence-corrected chi connectivity index (χ1v) is 8.67. The Bertz CT molecular complexity index is 487. The Kier molecular flexibility index (Phi) is 7.05. The fourth-order valence-corrected chi connectivity index (χ4v) is 2.97. The first-order chi connectivity index (χ1) is 11.0. The Balaban J connectivity index is 1.67. The highest BCUT2D eigenvalue weighted by Crippen LogP contribution is 2.25. The second kappa shape index (κ2) is 9.03. The van der Waals surface area contributed by atoms with Gasteiger partial charge in [-0.3, -0.25) is 14.8 Å². The third-order valence-electron chi connectivity index (χ3n) is 4.11. The van der Waals surface area contributed by atoms with Crippen LogP contribution in [0.15, 0.2) is 6.07 Å². The molecule has 23 heavy (non-hydrogen) atoms. The summed E-state index contributed by atoms with van der Waals surface area (Å²) in [6.07, 6.45) is 3.38. The smallest absolute Gasteiger partial charge is 0.234 e. The molecule has 1 aliphatic rings. The lowest BCUT2D eigenvalue weighted by Gasteiger charge is -2.31. The maximum Gasteiger partial charge on any atom is 0.234 e. The Morgan fingerprint density at radius 3 is 3.09 bits per heavy atom. The SMILES string of the molecule is Cc1cc([C@H]2CCCN(CC(=O)NCCCOC(C)C)C2)n[nH]1. The molecule has 2 rings (SSSR count). The number of aromatic amines is 1. The van der Waals surface area contributed by atoms with Crippen molar-refractivity contribution in [3.8, 4) is 0 Å². The molecule has 0 saturated carbocycles. The van der Waals surface area contributed by atoms with E-state index >= 15 is 0 Å². The summed E-state index contributed by atoms with van der Waals surface area (Å²) in [5.41, 5.74) is 2.22. The molecule has 1 saturated heterocycles. The number of amides is 1. The van der Waals surface area contributed by atoms with E-state index in [0.717, 1.165) is 43.7 Å². The number of rotatable bonds is 8. The van der Waals surface area contributed by atoms with Gasteiger partial charge in [-0.15, -0.1) is 0 Å². The van der Waals surface area contributed by atoms with Crippen LogP contribution in [0, 0.1) is 6.92 Å². The van der Waals surface area contributed by atoms with E-state index in [1.807, 2.05) is 20.8 Å². The molecular formula is C17H30N4O2. The van der Waals surface area contributed by atoms with Gasteiger partial charge in [-0.05, 0) is 52.6 Å². The van der Waals surface area contributed by atoms with Crippen molar-refractivity contribution in [3.63, 3.8) is 0 Å². The highest BCUT2D eigenvalue weighted by molar-refractivity contribution is 5.78. The molecule has 1 atom stereocenters.